The number of halogens is 2. The Hall–Kier alpha value is -4.44. The average Bonchev–Trinajstić information content (AvgIpc) is 3.23. The Morgan fingerprint density at radius 3 is 2.34 bits per heavy atom. The van der Waals surface area contributed by atoms with Crippen molar-refractivity contribution in [1.82, 2.24) is 14.1 Å². The molecule has 11 heteroatoms. The molecular weight excluding hydrogens is 513 g/mol. The van der Waals surface area contributed by atoms with Crippen molar-refractivity contribution in [2.75, 3.05) is 24.5 Å². The van der Waals surface area contributed by atoms with E-state index in [-0.39, 0.29) is 11.4 Å². The topological polar surface area (TPSA) is 113 Å². The van der Waals surface area contributed by atoms with Crippen molar-refractivity contribution in [2.45, 2.75) is 6.92 Å². The van der Waals surface area contributed by atoms with Crippen LogP contribution in [0.15, 0.2) is 70.8 Å². The molecule has 196 valence electrons. The highest BCUT2D eigenvalue weighted by Gasteiger charge is 2.17. The monoisotopic (exact) mass is 537 g/mol. The van der Waals surface area contributed by atoms with E-state index in [9.17, 15) is 14.3 Å². The minimum atomic E-state index is -0.833. The smallest absolute Gasteiger partial charge is 0.332 e. The number of phenols is 1. The molecule has 2 aromatic heterocycles. The molecule has 0 spiro atoms. The van der Waals surface area contributed by atoms with Gasteiger partial charge in [0.2, 0.25) is 0 Å². The van der Waals surface area contributed by atoms with Gasteiger partial charge in [-0.15, -0.1) is 0 Å². The van der Waals surface area contributed by atoms with Crippen molar-refractivity contribution >= 4 is 29.6 Å². The van der Waals surface area contributed by atoms with Gasteiger partial charge in [-0.1, -0.05) is 17.7 Å². The van der Waals surface area contributed by atoms with E-state index in [0.29, 0.717) is 46.1 Å². The minimum Gasteiger partial charge on any atom is -0.507 e. The molecule has 5 rings (SSSR count). The summed E-state index contributed by atoms with van der Waals surface area (Å²) >= 11 is 6.48. The van der Waals surface area contributed by atoms with E-state index in [0.717, 1.165) is 19.3 Å². The number of hydrogen-bond acceptors (Lipinski definition) is 6. The molecule has 0 aliphatic carbocycles. The molecule has 0 bridgehead atoms. The average molecular weight is 538 g/mol. The molecular formula is C27H25ClFN5O4. The van der Waals surface area contributed by atoms with Crippen molar-refractivity contribution in [2.24, 2.45) is 12.0 Å². The predicted molar refractivity (Wildman–Crippen MR) is 145 cm³/mol. The van der Waals surface area contributed by atoms with Gasteiger partial charge in [0.1, 0.15) is 17.4 Å². The lowest BCUT2D eigenvalue weighted by Crippen LogP contribution is -2.32. The van der Waals surface area contributed by atoms with Crippen molar-refractivity contribution in [3.05, 3.63) is 82.4 Å². The number of carboxylic acids is 1. The van der Waals surface area contributed by atoms with Crippen molar-refractivity contribution in [3.63, 3.8) is 0 Å². The summed E-state index contributed by atoms with van der Waals surface area (Å²) in [6.07, 6.45) is 6.74. The largest absolute Gasteiger partial charge is 0.507 e. The molecule has 0 unspecified atom stereocenters. The van der Waals surface area contributed by atoms with E-state index >= 15 is 0 Å². The molecule has 9 nitrogen and oxygen atoms in total. The third kappa shape index (κ3) is 5.76. The lowest BCUT2D eigenvalue weighted by Gasteiger charge is -2.24. The first kappa shape index (κ1) is 26.6. The van der Waals surface area contributed by atoms with Gasteiger partial charge in [-0.2, -0.15) is 0 Å². The lowest BCUT2D eigenvalue weighted by atomic mass is 9.97. The third-order valence-electron chi connectivity index (χ3n) is 5.85. The van der Waals surface area contributed by atoms with Crippen molar-refractivity contribution in [3.8, 4) is 33.7 Å². The van der Waals surface area contributed by atoms with E-state index in [1.165, 1.54) is 21.3 Å². The van der Waals surface area contributed by atoms with Crippen LogP contribution in [-0.4, -0.2) is 56.1 Å². The number of aliphatic imine (C=N–C) groups is 1. The summed E-state index contributed by atoms with van der Waals surface area (Å²) in [5.74, 6) is -0.667. The number of benzene rings is 2. The van der Waals surface area contributed by atoms with Crippen LogP contribution in [0.25, 0.3) is 27.9 Å². The molecule has 0 saturated heterocycles. The van der Waals surface area contributed by atoms with Crippen LogP contribution in [0, 0.1) is 5.82 Å². The third-order valence-corrected chi connectivity index (χ3v) is 6.15. The zero-order chi connectivity index (χ0) is 27.4. The zero-order valence-electron chi connectivity index (χ0n) is 20.7. The van der Waals surface area contributed by atoms with Gasteiger partial charge in [-0.25, -0.2) is 14.2 Å². The maximum absolute atomic E-state index is 14.7. The standard InChI is InChI=1S/C25H21ClFN5O2.C2H4O2/c1-30-10-11-32(25(30)34)22-3-2-16(12-21(22)26)19-14-18(27)15-20(24(19)33)17-4-5-29-23(13-17)31-8-6-28-7-9-31;1-2(3)4/h2-6,10-15,33H,7-9H2,1H3;1H3,(H,3,4). The molecule has 1 aliphatic heterocycles. The molecule has 2 N–H and O–H groups in total. The van der Waals surface area contributed by atoms with Crippen LogP contribution in [0.2, 0.25) is 5.02 Å². The summed E-state index contributed by atoms with van der Waals surface area (Å²) in [5, 5.41) is 18.8. The lowest BCUT2D eigenvalue weighted by molar-refractivity contribution is -0.134. The number of nitrogens with zero attached hydrogens (tertiary/aromatic N) is 5. The summed E-state index contributed by atoms with van der Waals surface area (Å²) in [5.41, 5.74) is 2.08. The van der Waals surface area contributed by atoms with Crippen LogP contribution in [0.3, 0.4) is 0 Å². The quantitative estimate of drug-likeness (QED) is 0.399. The Labute approximate surface area is 222 Å². The van der Waals surface area contributed by atoms with Gasteiger partial charge in [-0.05, 0) is 47.5 Å². The number of hydrogen-bond donors (Lipinski definition) is 2. The summed E-state index contributed by atoms with van der Waals surface area (Å²) in [6.45, 7) is 3.15. The molecule has 3 heterocycles. The fourth-order valence-electron chi connectivity index (χ4n) is 4.04. The van der Waals surface area contributed by atoms with E-state index in [2.05, 4.69) is 14.9 Å². The maximum atomic E-state index is 14.7. The zero-order valence-corrected chi connectivity index (χ0v) is 21.4. The van der Waals surface area contributed by atoms with Gasteiger partial charge in [0, 0.05) is 56.4 Å². The maximum Gasteiger partial charge on any atom is 0.332 e. The summed E-state index contributed by atoms with van der Waals surface area (Å²) in [7, 11) is 1.65. The first-order chi connectivity index (χ1) is 18.2. The fraction of sp³-hybridized carbons (Fsp3) is 0.185. The molecule has 1 aliphatic rings. The van der Waals surface area contributed by atoms with Crippen LogP contribution in [0.5, 0.6) is 5.75 Å². The molecule has 4 aromatic rings. The Bertz CT molecular complexity index is 1580. The molecule has 2 aromatic carbocycles. The number of imidazole rings is 1. The van der Waals surface area contributed by atoms with E-state index in [1.807, 2.05) is 12.3 Å². The van der Waals surface area contributed by atoms with Crippen LogP contribution < -0.4 is 10.6 Å². The molecule has 0 fully saturated rings. The van der Waals surface area contributed by atoms with Gasteiger partial charge in [0.15, 0.2) is 0 Å². The van der Waals surface area contributed by atoms with Crippen LogP contribution >= 0.6 is 11.6 Å². The molecule has 0 saturated carbocycles. The van der Waals surface area contributed by atoms with Gasteiger partial charge >= 0.3 is 5.69 Å². The summed E-state index contributed by atoms with van der Waals surface area (Å²) in [6, 6.07) is 11.1. The number of carboxylic acid groups (broad SMARTS) is 1. The fourth-order valence-corrected chi connectivity index (χ4v) is 4.31. The number of aliphatic carboxylic acids is 1. The normalized spacial score (nSPS) is 12.7. The molecule has 0 amide bonds. The Balaban J connectivity index is 0.000000786. The first-order valence-electron chi connectivity index (χ1n) is 11.6. The number of aromatic nitrogens is 3. The predicted octanol–water partition coefficient (Wildman–Crippen LogP) is 4.38. The molecule has 0 atom stereocenters. The van der Waals surface area contributed by atoms with Gasteiger partial charge in [0.25, 0.3) is 5.97 Å². The number of pyridine rings is 1. The highest BCUT2D eigenvalue weighted by Crippen LogP contribution is 2.40. The SMILES string of the molecule is CC(=O)O.Cn1ccn(-c2ccc(-c3cc(F)cc(-c4ccnc(N5CC=NCC5)c4)c3O)cc2Cl)c1=O. The first-order valence-corrected chi connectivity index (χ1v) is 12.0. The molecule has 38 heavy (non-hydrogen) atoms. The summed E-state index contributed by atoms with van der Waals surface area (Å²) in [4.78, 5) is 32.0. The number of carbonyl (C=O) groups is 1. The number of aryl methyl sites for hydroxylation is 1. The number of rotatable bonds is 4. The van der Waals surface area contributed by atoms with Gasteiger partial charge in [0.05, 0.1) is 23.8 Å². The summed E-state index contributed by atoms with van der Waals surface area (Å²) < 4.78 is 17.6. The van der Waals surface area contributed by atoms with Crippen molar-refractivity contribution < 1.29 is 19.4 Å². The second kappa shape index (κ2) is 11.3. The van der Waals surface area contributed by atoms with E-state index in [1.54, 1.807) is 49.9 Å². The number of phenolic OH excluding ortho intramolecular Hbond substituents is 1. The minimum absolute atomic E-state index is 0.0700. The van der Waals surface area contributed by atoms with Gasteiger partial charge < -0.3 is 19.7 Å². The van der Waals surface area contributed by atoms with Crippen LogP contribution in [-0.2, 0) is 11.8 Å². The Morgan fingerprint density at radius 2 is 1.76 bits per heavy atom. The Kier molecular flexibility index (Phi) is 7.92. The number of aromatic hydroxyl groups is 1. The second-order valence-corrected chi connectivity index (χ2v) is 8.94. The van der Waals surface area contributed by atoms with Crippen LogP contribution in [0.4, 0.5) is 10.2 Å². The van der Waals surface area contributed by atoms with Crippen LogP contribution in [0.1, 0.15) is 6.92 Å². The van der Waals surface area contributed by atoms with Gasteiger partial charge in [-0.3, -0.25) is 14.4 Å². The van der Waals surface area contributed by atoms with Crippen molar-refractivity contribution in [1.29, 1.82) is 0 Å². The highest BCUT2D eigenvalue weighted by atomic mass is 35.5. The Morgan fingerprint density at radius 1 is 1.08 bits per heavy atom. The number of anilines is 1. The second-order valence-electron chi connectivity index (χ2n) is 8.53. The van der Waals surface area contributed by atoms with E-state index in [4.69, 9.17) is 21.5 Å². The molecule has 0 radical (unpaired) electrons. The highest BCUT2D eigenvalue weighted by molar-refractivity contribution is 6.32. The van der Waals surface area contributed by atoms with E-state index < -0.39 is 11.8 Å².